The lowest BCUT2D eigenvalue weighted by molar-refractivity contribution is 0.373. The first-order valence-corrected chi connectivity index (χ1v) is 6.79. The van der Waals surface area contributed by atoms with Crippen LogP contribution in [0.25, 0.3) is 11.1 Å². The highest BCUT2D eigenvalue weighted by Crippen LogP contribution is 2.34. The minimum atomic E-state index is 0.145. The molecule has 2 nitrogen and oxygen atoms in total. The minimum absolute atomic E-state index is 0.145. The average Bonchev–Trinajstić information content (AvgIpc) is 2.65. The number of rotatable bonds is 2. The van der Waals surface area contributed by atoms with Crippen LogP contribution in [-0.2, 0) is 0 Å². The number of benzene rings is 1. The molecule has 0 atom stereocenters. The third kappa shape index (κ3) is 2.04. The predicted octanol–water partition coefficient (Wildman–Crippen LogP) is 3.92. The standard InChI is InChI=1S/C10H8O2S3/c1-12-9-4-6(2-3-8(9)11)7-5-14-15-10(7)13/h2-5,11H,1H3. The van der Waals surface area contributed by atoms with Gasteiger partial charge in [-0.05, 0) is 17.7 Å². The summed E-state index contributed by atoms with van der Waals surface area (Å²) in [5, 5.41) is 11.5. The van der Waals surface area contributed by atoms with Gasteiger partial charge in [-0.2, -0.15) is 0 Å². The van der Waals surface area contributed by atoms with E-state index in [0.29, 0.717) is 5.75 Å². The van der Waals surface area contributed by atoms with Gasteiger partial charge in [0.15, 0.2) is 11.5 Å². The highest BCUT2D eigenvalue weighted by Gasteiger charge is 2.06. The maximum atomic E-state index is 9.46. The zero-order valence-corrected chi connectivity index (χ0v) is 10.3. The first-order chi connectivity index (χ1) is 7.22. The van der Waals surface area contributed by atoms with Crippen LogP contribution in [0.1, 0.15) is 0 Å². The summed E-state index contributed by atoms with van der Waals surface area (Å²) in [5.41, 5.74) is 2.01. The molecule has 1 aromatic heterocycles. The van der Waals surface area contributed by atoms with E-state index >= 15 is 0 Å². The lowest BCUT2D eigenvalue weighted by Crippen LogP contribution is -1.84. The van der Waals surface area contributed by atoms with E-state index in [-0.39, 0.29) is 5.75 Å². The van der Waals surface area contributed by atoms with Gasteiger partial charge in [-0.1, -0.05) is 39.0 Å². The van der Waals surface area contributed by atoms with E-state index in [1.165, 1.54) is 7.11 Å². The Bertz CT molecular complexity index is 527. The molecule has 0 amide bonds. The van der Waals surface area contributed by atoms with Crippen LogP contribution in [0.2, 0.25) is 0 Å². The highest BCUT2D eigenvalue weighted by atomic mass is 32.9. The van der Waals surface area contributed by atoms with Crippen molar-refractivity contribution >= 4 is 32.9 Å². The van der Waals surface area contributed by atoms with Crippen molar-refractivity contribution in [1.29, 1.82) is 0 Å². The monoisotopic (exact) mass is 256 g/mol. The Morgan fingerprint density at radius 2 is 2.20 bits per heavy atom. The van der Waals surface area contributed by atoms with E-state index in [2.05, 4.69) is 0 Å². The Morgan fingerprint density at radius 3 is 2.80 bits per heavy atom. The Morgan fingerprint density at radius 1 is 1.40 bits per heavy atom. The molecule has 0 aliphatic carbocycles. The number of hydrogen-bond acceptors (Lipinski definition) is 5. The highest BCUT2D eigenvalue weighted by molar-refractivity contribution is 7.79. The molecule has 15 heavy (non-hydrogen) atoms. The van der Waals surface area contributed by atoms with E-state index in [1.807, 2.05) is 11.4 Å². The molecule has 1 N–H and O–H groups in total. The van der Waals surface area contributed by atoms with Crippen LogP contribution in [0, 0.1) is 3.82 Å². The van der Waals surface area contributed by atoms with Gasteiger partial charge in [0.05, 0.1) is 7.11 Å². The smallest absolute Gasteiger partial charge is 0.161 e. The van der Waals surface area contributed by atoms with E-state index in [0.717, 1.165) is 15.0 Å². The molecule has 0 aliphatic rings. The van der Waals surface area contributed by atoms with Crippen molar-refractivity contribution in [2.45, 2.75) is 0 Å². The number of methoxy groups -OCH3 is 1. The summed E-state index contributed by atoms with van der Waals surface area (Å²) in [7, 11) is 4.71. The first-order valence-electron chi connectivity index (χ1n) is 4.17. The molecule has 0 radical (unpaired) electrons. The molecular formula is C10H8O2S3. The lowest BCUT2D eigenvalue weighted by atomic mass is 10.1. The Balaban J connectivity index is 2.55. The van der Waals surface area contributed by atoms with Crippen LogP contribution >= 0.6 is 32.9 Å². The number of phenols is 1. The minimum Gasteiger partial charge on any atom is -0.504 e. The molecule has 2 rings (SSSR count). The summed E-state index contributed by atoms with van der Waals surface area (Å²) in [6.07, 6.45) is 0. The van der Waals surface area contributed by atoms with Crippen molar-refractivity contribution in [3.63, 3.8) is 0 Å². The molecule has 0 saturated carbocycles. The molecular weight excluding hydrogens is 248 g/mol. The lowest BCUT2D eigenvalue weighted by Gasteiger charge is -2.04. The largest absolute Gasteiger partial charge is 0.504 e. The zero-order valence-electron chi connectivity index (χ0n) is 7.89. The van der Waals surface area contributed by atoms with Crippen molar-refractivity contribution in [3.8, 4) is 22.6 Å². The topological polar surface area (TPSA) is 29.5 Å². The summed E-state index contributed by atoms with van der Waals surface area (Å²) in [5.74, 6) is 0.615. The van der Waals surface area contributed by atoms with Crippen LogP contribution in [0.15, 0.2) is 23.6 Å². The number of hydrogen-bond donors (Lipinski definition) is 1. The van der Waals surface area contributed by atoms with Gasteiger partial charge in [-0.25, -0.2) is 0 Å². The summed E-state index contributed by atoms with van der Waals surface area (Å²) in [6, 6.07) is 5.24. The Kier molecular flexibility index (Phi) is 3.04. The van der Waals surface area contributed by atoms with Gasteiger partial charge >= 0.3 is 0 Å². The van der Waals surface area contributed by atoms with Crippen molar-refractivity contribution in [3.05, 3.63) is 27.4 Å². The fraction of sp³-hybridized carbons (Fsp3) is 0.100. The molecule has 78 valence electrons. The molecule has 0 spiro atoms. The fourth-order valence-electron chi connectivity index (χ4n) is 1.24. The van der Waals surface area contributed by atoms with Crippen molar-refractivity contribution in [1.82, 2.24) is 0 Å². The van der Waals surface area contributed by atoms with Crippen LogP contribution < -0.4 is 4.74 Å². The molecule has 0 saturated heterocycles. The predicted molar refractivity (Wildman–Crippen MR) is 66.7 cm³/mol. The number of phenolic OH excluding ortho intramolecular Hbond substituents is 1. The second kappa shape index (κ2) is 4.30. The van der Waals surface area contributed by atoms with Crippen molar-refractivity contribution in [2.75, 3.05) is 7.11 Å². The van der Waals surface area contributed by atoms with Gasteiger partial charge in [0.1, 0.15) is 3.82 Å². The molecule has 2 aromatic rings. The van der Waals surface area contributed by atoms with Gasteiger partial charge in [0.2, 0.25) is 0 Å². The van der Waals surface area contributed by atoms with E-state index in [1.54, 1.807) is 32.8 Å². The number of ether oxygens (including phenoxy) is 1. The quantitative estimate of drug-likeness (QED) is 0.652. The summed E-state index contributed by atoms with van der Waals surface area (Å²) >= 11 is 5.21. The maximum Gasteiger partial charge on any atom is 0.161 e. The third-order valence-corrected chi connectivity index (χ3v) is 4.66. The molecule has 1 aromatic carbocycles. The van der Waals surface area contributed by atoms with Gasteiger partial charge in [0.25, 0.3) is 0 Å². The van der Waals surface area contributed by atoms with E-state index in [4.69, 9.17) is 17.0 Å². The molecule has 0 fully saturated rings. The SMILES string of the molecule is COc1cc(-c2cssc2=S)ccc1O. The van der Waals surface area contributed by atoms with Crippen molar-refractivity contribution in [2.24, 2.45) is 0 Å². The Labute approximate surface area is 99.8 Å². The van der Waals surface area contributed by atoms with Gasteiger partial charge in [0, 0.05) is 10.9 Å². The molecule has 0 unspecified atom stereocenters. The second-order valence-electron chi connectivity index (χ2n) is 2.89. The normalized spacial score (nSPS) is 10.2. The molecule has 0 bridgehead atoms. The number of aromatic hydroxyl groups is 1. The van der Waals surface area contributed by atoms with Crippen LogP contribution in [0.3, 0.4) is 0 Å². The molecule has 0 aliphatic heterocycles. The zero-order chi connectivity index (χ0) is 10.8. The van der Waals surface area contributed by atoms with E-state index < -0.39 is 0 Å². The van der Waals surface area contributed by atoms with Crippen LogP contribution in [0.5, 0.6) is 11.5 Å². The third-order valence-electron chi connectivity index (χ3n) is 2.00. The average molecular weight is 256 g/mol. The first kappa shape index (κ1) is 10.6. The Hall–Kier alpha value is -0.910. The fourth-order valence-corrected chi connectivity index (χ4v) is 3.64. The van der Waals surface area contributed by atoms with Gasteiger partial charge < -0.3 is 9.84 Å². The molecule has 1 heterocycles. The maximum absolute atomic E-state index is 9.46. The summed E-state index contributed by atoms with van der Waals surface area (Å²) < 4.78 is 5.91. The van der Waals surface area contributed by atoms with Crippen molar-refractivity contribution < 1.29 is 9.84 Å². The second-order valence-corrected chi connectivity index (χ2v) is 5.63. The van der Waals surface area contributed by atoms with E-state index in [9.17, 15) is 5.11 Å². The van der Waals surface area contributed by atoms with Gasteiger partial charge in [-0.3, -0.25) is 0 Å². The van der Waals surface area contributed by atoms with Crippen LogP contribution in [0.4, 0.5) is 0 Å². The summed E-state index contributed by atoms with van der Waals surface area (Å²) in [4.78, 5) is 0. The molecule has 5 heteroatoms. The van der Waals surface area contributed by atoms with Crippen LogP contribution in [-0.4, -0.2) is 12.2 Å². The van der Waals surface area contributed by atoms with Gasteiger partial charge in [-0.15, -0.1) is 0 Å². The summed E-state index contributed by atoms with van der Waals surface area (Å²) in [6.45, 7) is 0.